The molecule has 2 heteroatoms. The van der Waals surface area contributed by atoms with E-state index in [1.807, 2.05) is 4.90 Å². The first kappa shape index (κ1) is 8.31. The van der Waals surface area contributed by atoms with Crippen LogP contribution in [0.2, 0.25) is 0 Å². The maximum Gasteiger partial charge on any atom is 0.222 e. The van der Waals surface area contributed by atoms with Crippen LogP contribution in [0.1, 0.15) is 26.2 Å². The van der Waals surface area contributed by atoms with Crippen molar-refractivity contribution in [3.63, 3.8) is 0 Å². The maximum atomic E-state index is 11.1. The fourth-order valence-corrected chi connectivity index (χ4v) is 1.27. The molecule has 0 N–H and O–H groups in total. The third-order valence-corrected chi connectivity index (χ3v) is 1.90. The Morgan fingerprint density at radius 2 is 2.36 bits per heavy atom. The number of nitrogens with zero attached hydrogens (tertiary/aromatic N) is 1. The van der Waals surface area contributed by atoms with Gasteiger partial charge in [-0.1, -0.05) is 19.1 Å². The summed E-state index contributed by atoms with van der Waals surface area (Å²) in [6.45, 7) is 3.86. The van der Waals surface area contributed by atoms with Crippen LogP contribution in [-0.4, -0.2) is 23.9 Å². The molecule has 0 spiro atoms. The highest BCUT2D eigenvalue weighted by Crippen LogP contribution is 2.08. The number of carbonyl (C=O) groups excluding carboxylic acids is 1. The van der Waals surface area contributed by atoms with Gasteiger partial charge >= 0.3 is 0 Å². The standard InChI is InChI=1S/C9H15NO/c1-2-3-4-7-10-8-5-6-9(10)11/h3-4H,2,5-8H2,1H3. The number of carbonyl (C=O) groups is 1. The van der Waals surface area contributed by atoms with E-state index in [9.17, 15) is 4.79 Å². The molecular weight excluding hydrogens is 138 g/mol. The molecule has 1 aliphatic rings. The Labute approximate surface area is 67.9 Å². The summed E-state index contributed by atoms with van der Waals surface area (Å²) in [7, 11) is 0. The average Bonchev–Trinajstić information content (AvgIpc) is 2.37. The SMILES string of the molecule is CCC=CCN1CCCC1=O. The zero-order valence-electron chi connectivity index (χ0n) is 7.05. The molecule has 1 fully saturated rings. The zero-order chi connectivity index (χ0) is 8.10. The summed E-state index contributed by atoms with van der Waals surface area (Å²) in [4.78, 5) is 13.0. The van der Waals surface area contributed by atoms with Crippen molar-refractivity contribution in [1.82, 2.24) is 4.90 Å². The molecule has 0 bridgehead atoms. The second-order valence-corrected chi connectivity index (χ2v) is 2.82. The van der Waals surface area contributed by atoms with Crippen molar-refractivity contribution >= 4 is 5.91 Å². The van der Waals surface area contributed by atoms with Gasteiger partial charge < -0.3 is 4.90 Å². The van der Waals surface area contributed by atoms with Crippen LogP contribution in [0.25, 0.3) is 0 Å². The van der Waals surface area contributed by atoms with Crippen molar-refractivity contribution in [3.8, 4) is 0 Å². The highest BCUT2D eigenvalue weighted by atomic mass is 16.2. The first-order chi connectivity index (χ1) is 5.34. The molecule has 1 amide bonds. The predicted molar refractivity (Wildman–Crippen MR) is 45.2 cm³/mol. The minimum Gasteiger partial charge on any atom is -0.339 e. The zero-order valence-corrected chi connectivity index (χ0v) is 7.05. The van der Waals surface area contributed by atoms with Gasteiger partial charge in [0.1, 0.15) is 0 Å². The third-order valence-electron chi connectivity index (χ3n) is 1.90. The molecule has 11 heavy (non-hydrogen) atoms. The van der Waals surface area contributed by atoms with Gasteiger partial charge in [-0.25, -0.2) is 0 Å². The summed E-state index contributed by atoms with van der Waals surface area (Å²) in [5.74, 6) is 0.311. The average molecular weight is 153 g/mol. The fourth-order valence-electron chi connectivity index (χ4n) is 1.27. The molecule has 1 saturated heterocycles. The number of rotatable bonds is 3. The summed E-state index contributed by atoms with van der Waals surface area (Å²) < 4.78 is 0. The second-order valence-electron chi connectivity index (χ2n) is 2.82. The Bertz CT molecular complexity index is 163. The van der Waals surface area contributed by atoms with Crippen LogP contribution in [0.3, 0.4) is 0 Å². The van der Waals surface area contributed by atoms with Gasteiger partial charge in [0.05, 0.1) is 0 Å². The summed E-state index contributed by atoms with van der Waals surface area (Å²) in [5, 5.41) is 0. The monoisotopic (exact) mass is 153 g/mol. The van der Waals surface area contributed by atoms with E-state index in [-0.39, 0.29) is 0 Å². The van der Waals surface area contributed by atoms with Crippen LogP contribution < -0.4 is 0 Å². The van der Waals surface area contributed by atoms with E-state index in [1.54, 1.807) is 0 Å². The van der Waals surface area contributed by atoms with Crippen LogP contribution in [0.5, 0.6) is 0 Å². The molecule has 0 aliphatic carbocycles. The smallest absolute Gasteiger partial charge is 0.222 e. The molecule has 0 unspecified atom stereocenters. The molecule has 1 heterocycles. The van der Waals surface area contributed by atoms with Gasteiger partial charge in [-0.2, -0.15) is 0 Å². The fraction of sp³-hybridized carbons (Fsp3) is 0.667. The van der Waals surface area contributed by atoms with Crippen LogP contribution >= 0.6 is 0 Å². The second kappa shape index (κ2) is 4.16. The quantitative estimate of drug-likeness (QED) is 0.564. The molecule has 1 aliphatic heterocycles. The molecule has 0 atom stereocenters. The lowest BCUT2D eigenvalue weighted by atomic mass is 10.4. The number of amides is 1. The first-order valence-electron chi connectivity index (χ1n) is 4.27. The van der Waals surface area contributed by atoms with Crippen molar-refractivity contribution < 1.29 is 4.79 Å². The minimum absolute atomic E-state index is 0.311. The van der Waals surface area contributed by atoms with Crippen molar-refractivity contribution in [1.29, 1.82) is 0 Å². The van der Waals surface area contributed by atoms with Gasteiger partial charge in [-0.05, 0) is 12.8 Å². The normalized spacial score (nSPS) is 18.6. The van der Waals surface area contributed by atoms with Gasteiger partial charge in [0, 0.05) is 19.5 Å². The predicted octanol–water partition coefficient (Wildman–Crippen LogP) is 1.58. The molecule has 62 valence electrons. The largest absolute Gasteiger partial charge is 0.339 e. The van der Waals surface area contributed by atoms with E-state index in [4.69, 9.17) is 0 Å². The first-order valence-corrected chi connectivity index (χ1v) is 4.27. The van der Waals surface area contributed by atoms with Gasteiger partial charge in [-0.15, -0.1) is 0 Å². The van der Waals surface area contributed by atoms with E-state index in [2.05, 4.69) is 19.1 Å². The molecule has 0 aromatic heterocycles. The molecule has 0 radical (unpaired) electrons. The van der Waals surface area contributed by atoms with E-state index in [1.165, 1.54) is 0 Å². The molecular formula is C9H15NO. The Kier molecular flexibility index (Phi) is 3.14. The third kappa shape index (κ3) is 2.37. The number of hydrogen-bond acceptors (Lipinski definition) is 1. The molecule has 0 aromatic rings. The van der Waals surface area contributed by atoms with Crippen LogP contribution in [-0.2, 0) is 4.79 Å². The molecule has 0 aromatic carbocycles. The molecule has 1 rings (SSSR count). The van der Waals surface area contributed by atoms with Crippen LogP contribution in [0.4, 0.5) is 0 Å². The number of likely N-dealkylation sites (tertiary alicyclic amines) is 1. The Balaban J connectivity index is 2.25. The summed E-state index contributed by atoms with van der Waals surface area (Å²) in [6, 6.07) is 0. The Morgan fingerprint density at radius 3 is 2.91 bits per heavy atom. The van der Waals surface area contributed by atoms with Crippen molar-refractivity contribution in [3.05, 3.63) is 12.2 Å². The van der Waals surface area contributed by atoms with Crippen molar-refractivity contribution in [2.45, 2.75) is 26.2 Å². The summed E-state index contributed by atoms with van der Waals surface area (Å²) in [6.07, 6.45) is 7.02. The van der Waals surface area contributed by atoms with E-state index in [0.717, 1.165) is 32.4 Å². The van der Waals surface area contributed by atoms with Crippen molar-refractivity contribution in [2.24, 2.45) is 0 Å². The number of allylic oxidation sites excluding steroid dienone is 1. The van der Waals surface area contributed by atoms with E-state index < -0.39 is 0 Å². The van der Waals surface area contributed by atoms with Gasteiger partial charge in [0.25, 0.3) is 0 Å². The molecule has 2 nitrogen and oxygen atoms in total. The number of hydrogen-bond donors (Lipinski definition) is 0. The molecule has 0 saturated carbocycles. The Hall–Kier alpha value is -0.790. The summed E-state index contributed by atoms with van der Waals surface area (Å²) >= 11 is 0. The summed E-state index contributed by atoms with van der Waals surface area (Å²) in [5.41, 5.74) is 0. The maximum absolute atomic E-state index is 11.1. The van der Waals surface area contributed by atoms with Gasteiger partial charge in [0.2, 0.25) is 5.91 Å². The van der Waals surface area contributed by atoms with E-state index in [0.29, 0.717) is 5.91 Å². The van der Waals surface area contributed by atoms with E-state index >= 15 is 0 Å². The topological polar surface area (TPSA) is 20.3 Å². The van der Waals surface area contributed by atoms with Gasteiger partial charge in [0.15, 0.2) is 0 Å². The minimum atomic E-state index is 0.311. The van der Waals surface area contributed by atoms with Gasteiger partial charge in [-0.3, -0.25) is 4.79 Å². The van der Waals surface area contributed by atoms with Crippen molar-refractivity contribution in [2.75, 3.05) is 13.1 Å². The lowest BCUT2D eigenvalue weighted by Gasteiger charge is -2.11. The van der Waals surface area contributed by atoms with Crippen LogP contribution in [0.15, 0.2) is 12.2 Å². The lowest BCUT2D eigenvalue weighted by molar-refractivity contribution is -0.127. The van der Waals surface area contributed by atoms with Crippen LogP contribution in [0, 0.1) is 0 Å². The highest BCUT2D eigenvalue weighted by molar-refractivity contribution is 5.78. The lowest BCUT2D eigenvalue weighted by Crippen LogP contribution is -2.24. The Morgan fingerprint density at radius 1 is 1.55 bits per heavy atom. The highest BCUT2D eigenvalue weighted by Gasteiger charge is 2.17.